The Morgan fingerprint density at radius 2 is 1.68 bits per heavy atom. The van der Waals surface area contributed by atoms with Gasteiger partial charge in [0.1, 0.15) is 22.7 Å². The van der Waals surface area contributed by atoms with Crippen LogP contribution in [0.15, 0.2) is 65.5 Å². The second-order valence-electron chi connectivity index (χ2n) is 9.99. The number of para-hydroxylation sites is 1. The first-order chi connectivity index (χ1) is 18.1. The van der Waals surface area contributed by atoms with E-state index in [-0.39, 0.29) is 40.4 Å². The Hall–Kier alpha value is -4.50. The van der Waals surface area contributed by atoms with Gasteiger partial charge in [0, 0.05) is 11.3 Å². The summed E-state index contributed by atoms with van der Waals surface area (Å²) in [4.78, 5) is 30.5. The van der Waals surface area contributed by atoms with E-state index in [9.17, 15) is 19.1 Å². The summed E-state index contributed by atoms with van der Waals surface area (Å²) in [6.45, 7) is 5.01. The number of carbonyl (C=O) groups is 1. The zero-order valence-corrected chi connectivity index (χ0v) is 20.9. The second kappa shape index (κ2) is 8.26. The first-order valence-corrected chi connectivity index (χ1v) is 12.1. The number of hydrogen-bond acceptors (Lipinski definition) is 4. The zero-order chi connectivity index (χ0) is 26.9. The summed E-state index contributed by atoms with van der Waals surface area (Å²) in [7, 11) is 0. The molecule has 0 bridgehead atoms. The first kappa shape index (κ1) is 23.9. The Morgan fingerprint density at radius 3 is 2.45 bits per heavy atom. The van der Waals surface area contributed by atoms with Gasteiger partial charge in [-0.1, -0.05) is 18.2 Å². The monoisotopic (exact) mass is 514 g/mol. The van der Waals surface area contributed by atoms with Gasteiger partial charge >= 0.3 is 0 Å². The number of aliphatic hydroxyl groups is 1. The van der Waals surface area contributed by atoms with E-state index < -0.39 is 22.8 Å². The summed E-state index contributed by atoms with van der Waals surface area (Å²) in [6.07, 6.45) is 0. The number of nitrogens with one attached hydrogen (secondary N) is 2. The Bertz CT molecular complexity index is 1850. The van der Waals surface area contributed by atoms with E-state index in [1.54, 1.807) is 54.6 Å². The van der Waals surface area contributed by atoms with Gasteiger partial charge in [0.05, 0.1) is 34.7 Å². The van der Waals surface area contributed by atoms with Gasteiger partial charge in [0.15, 0.2) is 0 Å². The maximum atomic E-state index is 15.6. The lowest BCUT2D eigenvalue weighted by atomic mass is 9.97. The molecule has 3 N–H and O–H groups in total. The number of benzene rings is 3. The van der Waals surface area contributed by atoms with Gasteiger partial charge < -0.3 is 19.8 Å². The van der Waals surface area contributed by atoms with Crippen LogP contribution >= 0.6 is 0 Å². The predicted octanol–water partition coefficient (Wildman–Crippen LogP) is 5.29. The molecule has 192 valence electrons. The maximum absolute atomic E-state index is 15.6. The molecule has 9 heteroatoms. The van der Waals surface area contributed by atoms with Gasteiger partial charge in [-0.2, -0.15) is 0 Å². The van der Waals surface area contributed by atoms with Crippen molar-refractivity contribution in [3.05, 3.63) is 99.3 Å². The highest BCUT2D eigenvalue weighted by Gasteiger charge is 2.29. The fraction of sp³-hybridized carbons (Fsp3) is 0.172. The van der Waals surface area contributed by atoms with Crippen molar-refractivity contribution >= 4 is 33.8 Å². The van der Waals surface area contributed by atoms with Gasteiger partial charge in [-0.05, 0) is 74.4 Å². The van der Waals surface area contributed by atoms with Crippen LogP contribution in [0.5, 0.6) is 0 Å². The van der Waals surface area contributed by atoms with Crippen molar-refractivity contribution in [2.45, 2.75) is 26.4 Å². The minimum atomic E-state index is -1.30. The fourth-order valence-electron chi connectivity index (χ4n) is 5.17. The summed E-state index contributed by atoms with van der Waals surface area (Å²) in [5.41, 5.74) is 2.28. The van der Waals surface area contributed by atoms with Crippen molar-refractivity contribution in [3.63, 3.8) is 0 Å². The van der Waals surface area contributed by atoms with E-state index in [1.165, 1.54) is 23.1 Å². The molecular weight excluding hydrogens is 490 g/mol. The summed E-state index contributed by atoms with van der Waals surface area (Å²) in [5.74, 6) is -1.43. The van der Waals surface area contributed by atoms with Crippen molar-refractivity contribution in [2.75, 3.05) is 16.9 Å². The number of rotatable bonds is 3. The van der Waals surface area contributed by atoms with Crippen LogP contribution in [-0.2, 0) is 5.60 Å². The Balaban J connectivity index is 1.55. The number of hydrogen-bond donors (Lipinski definition) is 3. The number of halogens is 2. The molecule has 0 saturated heterocycles. The molecule has 0 fully saturated rings. The molecule has 5 aromatic rings. The van der Waals surface area contributed by atoms with Crippen molar-refractivity contribution in [3.8, 4) is 11.3 Å². The van der Waals surface area contributed by atoms with Crippen molar-refractivity contribution in [1.82, 2.24) is 9.38 Å². The lowest BCUT2D eigenvalue weighted by molar-refractivity contribution is 0.0783. The van der Waals surface area contributed by atoms with Crippen LogP contribution in [0.25, 0.3) is 27.8 Å². The lowest BCUT2D eigenvalue weighted by Crippen LogP contribution is -2.40. The third-order valence-electron chi connectivity index (χ3n) is 7.13. The Morgan fingerprint density at radius 1 is 0.947 bits per heavy atom. The van der Waals surface area contributed by atoms with Gasteiger partial charge in [-0.25, -0.2) is 8.78 Å². The van der Waals surface area contributed by atoms with E-state index in [1.807, 2.05) is 13.0 Å². The minimum Gasteiger partial charge on any atom is -0.386 e. The normalized spacial score (nSPS) is 13.7. The number of nitrogens with zero attached hydrogens (tertiary/aromatic N) is 2. The number of anilines is 2. The van der Waals surface area contributed by atoms with Gasteiger partial charge in [-0.3, -0.25) is 14.5 Å². The number of aromatic amines is 1. The Kier molecular flexibility index (Phi) is 5.19. The lowest BCUT2D eigenvalue weighted by Gasteiger charge is -2.31. The van der Waals surface area contributed by atoms with Crippen LogP contribution in [0.1, 0.15) is 35.3 Å². The summed E-state index contributed by atoms with van der Waals surface area (Å²) < 4.78 is 31.3. The molecule has 6 rings (SSSR count). The number of carbonyl (C=O) groups excluding carboxylic acids is 1. The van der Waals surface area contributed by atoms with Crippen LogP contribution in [0.2, 0.25) is 0 Å². The van der Waals surface area contributed by atoms with Crippen LogP contribution in [0.3, 0.4) is 0 Å². The molecule has 1 aliphatic heterocycles. The molecule has 3 heterocycles. The average Bonchev–Trinajstić information content (AvgIpc) is 3.30. The molecule has 0 saturated carbocycles. The molecule has 0 unspecified atom stereocenters. The summed E-state index contributed by atoms with van der Waals surface area (Å²) >= 11 is 0. The third-order valence-corrected chi connectivity index (χ3v) is 7.13. The van der Waals surface area contributed by atoms with Crippen LogP contribution in [0, 0.1) is 18.6 Å². The second-order valence-corrected chi connectivity index (χ2v) is 9.99. The number of H-pyrrole nitrogens is 1. The molecule has 38 heavy (non-hydrogen) atoms. The van der Waals surface area contributed by atoms with Gasteiger partial charge in [0.25, 0.3) is 11.5 Å². The van der Waals surface area contributed by atoms with E-state index in [0.717, 1.165) is 5.56 Å². The highest BCUT2D eigenvalue weighted by atomic mass is 19.1. The molecule has 0 atom stereocenters. The SMILES string of the molecule is Cc1c(-c2ccc3c(=O)[nH]c4cc(C(C)(C)O)cc(F)c4n23)cccc1N1CNc2c(F)cccc2C1=O. The fourth-order valence-corrected chi connectivity index (χ4v) is 5.17. The minimum absolute atomic E-state index is 0.0723. The standard InChI is InChI=1S/C29H24F2N4O3/c1-15-17(6-5-9-22(15)34-14-32-25-18(28(34)37)7-4-8-19(25)30)23-10-11-24-27(36)33-21-13-16(29(2,3)38)12-20(31)26(21)35(23)24/h4-13,32,38H,14H2,1-3H3,(H,33,36). The molecule has 0 radical (unpaired) electrons. The number of aromatic nitrogens is 2. The molecule has 0 aliphatic carbocycles. The van der Waals surface area contributed by atoms with Crippen LogP contribution in [-0.4, -0.2) is 27.1 Å². The quantitative estimate of drug-likeness (QED) is 0.305. The number of amides is 1. The third kappa shape index (κ3) is 3.50. The van der Waals surface area contributed by atoms with E-state index >= 15 is 4.39 Å². The number of fused-ring (bicyclic) bond motifs is 4. The van der Waals surface area contributed by atoms with Crippen molar-refractivity contribution in [1.29, 1.82) is 0 Å². The highest BCUT2D eigenvalue weighted by molar-refractivity contribution is 6.12. The molecule has 3 aromatic carbocycles. The Labute approximate surface area is 216 Å². The molecule has 7 nitrogen and oxygen atoms in total. The van der Waals surface area contributed by atoms with Gasteiger partial charge in [0.2, 0.25) is 0 Å². The van der Waals surface area contributed by atoms with E-state index in [2.05, 4.69) is 10.3 Å². The van der Waals surface area contributed by atoms with Gasteiger partial charge in [-0.15, -0.1) is 0 Å². The van der Waals surface area contributed by atoms with Crippen LogP contribution in [0.4, 0.5) is 20.2 Å². The smallest absolute Gasteiger partial charge is 0.272 e. The highest BCUT2D eigenvalue weighted by Crippen LogP contribution is 2.36. The molecule has 1 aliphatic rings. The topological polar surface area (TPSA) is 89.8 Å². The van der Waals surface area contributed by atoms with E-state index in [0.29, 0.717) is 22.5 Å². The zero-order valence-electron chi connectivity index (χ0n) is 20.9. The molecule has 1 amide bonds. The van der Waals surface area contributed by atoms with Crippen LogP contribution < -0.4 is 15.8 Å². The van der Waals surface area contributed by atoms with Crippen molar-refractivity contribution < 1.29 is 18.7 Å². The largest absolute Gasteiger partial charge is 0.386 e. The van der Waals surface area contributed by atoms with E-state index in [4.69, 9.17) is 0 Å². The molecule has 0 spiro atoms. The average molecular weight is 515 g/mol. The predicted molar refractivity (Wildman–Crippen MR) is 143 cm³/mol. The maximum Gasteiger partial charge on any atom is 0.272 e. The van der Waals surface area contributed by atoms with Crippen molar-refractivity contribution in [2.24, 2.45) is 0 Å². The first-order valence-electron chi connectivity index (χ1n) is 12.1. The summed E-state index contributed by atoms with van der Waals surface area (Å²) in [6, 6.07) is 16.0. The summed E-state index contributed by atoms with van der Waals surface area (Å²) in [5, 5.41) is 13.4. The molecular formula is C29H24F2N4O3. The molecule has 2 aromatic heterocycles.